The van der Waals surface area contributed by atoms with E-state index in [2.05, 4.69) is 15.6 Å². The third-order valence-corrected chi connectivity index (χ3v) is 3.26. The molecule has 0 aromatic carbocycles. The number of hydrogen-bond acceptors (Lipinski definition) is 4. The van der Waals surface area contributed by atoms with Gasteiger partial charge in [0.1, 0.15) is 0 Å². The number of carbonyl (C=O) groups is 2. The van der Waals surface area contributed by atoms with Gasteiger partial charge in [-0.1, -0.05) is 0 Å². The molecule has 1 fully saturated rings. The number of hydrogen-bond donors (Lipinski definition) is 2. The number of nitrogens with zero attached hydrogens (tertiary/aromatic N) is 3. The highest BCUT2D eigenvalue weighted by Gasteiger charge is 2.21. The normalized spacial score (nSPS) is 15.7. The minimum Gasteiger partial charge on any atom is -0.348 e. The average Bonchev–Trinajstić information content (AvgIpc) is 2.83. The lowest BCUT2D eigenvalue weighted by molar-refractivity contribution is -0.145. The highest BCUT2D eigenvalue weighted by atomic mass is 16.2. The number of nitrogens with one attached hydrogen (secondary N) is 2. The van der Waals surface area contributed by atoms with E-state index in [-0.39, 0.29) is 0 Å². The van der Waals surface area contributed by atoms with Crippen LogP contribution in [-0.2, 0) is 16.1 Å². The van der Waals surface area contributed by atoms with E-state index in [9.17, 15) is 9.59 Å². The molecule has 0 spiro atoms. The number of aryl methyl sites for hydroxylation is 1. The SMILES string of the molecule is O=C(NCCCn1ccnc1)C(=O)N1CCCNCC1. The van der Waals surface area contributed by atoms with E-state index in [0.717, 1.165) is 32.5 Å². The molecule has 0 saturated carbocycles. The summed E-state index contributed by atoms with van der Waals surface area (Å²) in [5, 5.41) is 5.88. The molecule has 7 heteroatoms. The fraction of sp³-hybridized carbons (Fsp3) is 0.615. The average molecular weight is 279 g/mol. The summed E-state index contributed by atoms with van der Waals surface area (Å²) in [5.41, 5.74) is 0. The molecule has 0 bridgehead atoms. The fourth-order valence-electron chi connectivity index (χ4n) is 2.15. The molecule has 0 atom stereocenters. The topological polar surface area (TPSA) is 79.3 Å². The predicted octanol–water partition coefficient (Wildman–Crippen LogP) is -0.789. The molecule has 2 rings (SSSR count). The van der Waals surface area contributed by atoms with Crippen LogP contribution in [0, 0.1) is 0 Å². The van der Waals surface area contributed by atoms with Gasteiger partial charge in [0.25, 0.3) is 0 Å². The number of aromatic nitrogens is 2. The lowest BCUT2D eigenvalue weighted by Crippen LogP contribution is -2.44. The Morgan fingerprint density at radius 3 is 3.00 bits per heavy atom. The van der Waals surface area contributed by atoms with E-state index in [1.165, 1.54) is 0 Å². The van der Waals surface area contributed by atoms with Crippen LogP contribution >= 0.6 is 0 Å². The minimum atomic E-state index is -0.502. The Balaban J connectivity index is 1.66. The maximum absolute atomic E-state index is 11.9. The predicted molar refractivity (Wildman–Crippen MR) is 73.9 cm³/mol. The molecule has 1 aromatic rings. The molecule has 1 aromatic heterocycles. The third kappa shape index (κ3) is 4.34. The summed E-state index contributed by atoms with van der Waals surface area (Å²) in [5.74, 6) is -0.922. The first-order valence-electron chi connectivity index (χ1n) is 7.01. The Morgan fingerprint density at radius 1 is 1.30 bits per heavy atom. The Kier molecular flexibility index (Phi) is 5.55. The quantitative estimate of drug-likeness (QED) is 0.559. The van der Waals surface area contributed by atoms with Crippen molar-refractivity contribution >= 4 is 11.8 Å². The zero-order valence-corrected chi connectivity index (χ0v) is 11.5. The molecule has 110 valence electrons. The van der Waals surface area contributed by atoms with Crippen LogP contribution in [0.1, 0.15) is 12.8 Å². The molecule has 20 heavy (non-hydrogen) atoms. The second kappa shape index (κ2) is 7.64. The van der Waals surface area contributed by atoms with E-state index in [4.69, 9.17) is 0 Å². The Morgan fingerprint density at radius 2 is 2.20 bits per heavy atom. The van der Waals surface area contributed by atoms with Crippen LogP contribution in [0.25, 0.3) is 0 Å². The van der Waals surface area contributed by atoms with Gasteiger partial charge in [-0.25, -0.2) is 4.98 Å². The lowest BCUT2D eigenvalue weighted by atomic mass is 10.3. The Bertz CT molecular complexity index is 424. The molecule has 0 unspecified atom stereocenters. The summed E-state index contributed by atoms with van der Waals surface area (Å²) >= 11 is 0. The van der Waals surface area contributed by atoms with Gasteiger partial charge in [0.2, 0.25) is 0 Å². The smallest absolute Gasteiger partial charge is 0.311 e. The number of rotatable bonds is 4. The molecule has 7 nitrogen and oxygen atoms in total. The monoisotopic (exact) mass is 279 g/mol. The summed E-state index contributed by atoms with van der Waals surface area (Å²) in [6, 6.07) is 0. The Labute approximate surface area is 118 Å². The van der Waals surface area contributed by atoms with Gasteiger partial charge >= 0.3 is 11.8 Å². The third-order valence-electron chi connectivity index (χ3n) is 3.26. The Hall–Kier alpha value is -1.89. The van der Waals surface area contributed by atoms with Crippen molar-refractivity contribution in [2.75, 3.05) is 32.7 Å². The van der Waals surface area contributed by atoms with Gasteiger partial charge in [0.15, 0.2) is 0 Å². The summed E-state index contributed by atoms with van der Waals surface area (Å²) in [6.07, 6.45) is 6.99. The lowest BCUT2D eigenvalue weighted by Gasteiger charge is -2.19. The van der Waals surface area contributed by atoms with Crippen molar-refractivity contribution < 1.29 is 9.59 Å². The van der Waals surface area contributed by atoms with Crippen molar-refractivity contribution in [2.24, 2.45) is 0 Å². The first-order chi connectivity index (χ1) is 9.77. The molecule has 2 amide bonds. The molecule has 1 aliphatic heterocycles. The van der Waals surface area contributed by atoms with E-state index in [0.29, 0.717) is 19.6 Å². The van der Waals surface area contributed by atoms with Crippen LogP contribution < -0.4 is 10.6 Å². The van der Waals surface area contributed by atoms with Crippen LogP contribution in [0.15, 0.2) is 18.7 Å². The van der Waals surface area contributed by atoms with Crippen molar-refractivity contribution in [3.63, 3.8) is 0 Å². The second-order valence-electron chi connectivity index (χ2n) is 4.81. The first kappa shape index (κ1) is 14.5. The van der Waals surface area contributed by atoms with Gasteiger partial charge in [0.05, 0.1) is 6.33 Å². The molecule has 0 aliphatic carbocycles. The highest BCUT2D eigenvalue weighted by Crippen LogP contribution is 1.96. The molecule has 2 heterocycles. The number of amides is 2. The van der Waals surface area contributed by atoms with Crippen molar-refractivity contribution in [3.05, 3.63) is 18.7 Å². The van der Waals surface area contributed by atoms with Gasteiger partial charge in [-0.05, 0) is 19.4 Å². The minimum absolute atomic E-state index is 0.420. The maximum Gasteiger partial charge on any atom is 0.311 e. The van der Waals surface area contributed by atoms with Gasteiger partial charge < -0.3 is 20.1 Å². The molecule has 0 radical (unpaired) electrons. The molecular weight excluding hydrogens is 258 g/mol. The maximum atomic E-state index is 11.9. The van der Waals surface area contributed by atoms with Crippen molar-refractivity contribution in [1.29, 1.82) is 0 Å². The van der Waals surface area contributed by atoms with E-state index in [1.807, 2.05) is 10.8 Å². The summed E-state index contributed by atoms with van der Waals surface area (Å²) in [7, 11) is 0. The largest absolute Gasteiger partial charge is 0.348 e. The second-order valence-corrected chi connectivity index (χ2v) is 4.81. The highest BCUT2D eigenvalue weighted by molar-refractivity contribution is 6.35. The van der Waals surface area contributed by atoms with E-state index >= 15 is 0 Å². The standard InChI is InChI=1S/C13H21N5O2/c19-12(13(20)18-8-1-3-14-6-10-18)16-4-2-7-17-9-5-15-11-17/h5,9,11,14H,1-4,6-8,10H2,(H,16,19). The zero-order chi connectivity index (χ0) is 14.2. The van der Waals surface area contributed by atoms with Crippen molar-refractivity contribution in [3.8, 4) is 0 Å². The first-order valence-corrected chi connectivity index (χ1v) is 7.01. The van der Waals surface area contributed by atoms with Crippen LogP contribution in [0.2, 0.25) is 0 Å². The number of carbonyl (C=O) groups excluding carboxylic acids is 2. The van der Waals surface area contributed by atoms with Crippen LogP contribution in [0.3, 0.4) is 0 Å². The molecule has 1 aliphatic rings. The van der Waals surface area contributed by atoms with Gasteiger partial charge in [-0.3, -0.25) is 9.59 Å². The van der Waals surface area contributed by atoms with Crippen molar-refractivity contribution in [1.82, 2.24) is 25.1 Å². The molecule has 1 saturated heterocycles. The fourth-order valence-corrected chi connectivity index (χ4v) is 2.15. The van der Waals surface area contributed by atoms with Crippen LogP contribution in [0.4, 0.5) is 0 Å². The van der Waals surface area contributed by atoms with Crippen LogP contribution in [-0.4, -0.2) is 59.0 Å². The zero-order valence-electron chi connectivity index (χ0n) is 11.5. The van der Waals surface area contributed by atoms with E-state index in [1.54, 1.807) is 17.4 Å². The van der Waals surface area contributed by atoms with Crippen molar-refractivity contribution in [2.45, 2.75) is 19.4 Å². The molecular formula is C13H21N5O2. The summed E-state index contributed by atoms with van der Waals surface area (Å²) in [6.45, 7) is 4.17. The summed E-state index contributed by atoms with van der Waals surface area (Å²) < 4.78 is 1.94. The van der Waals surface area contributed by atoms with E-state index < -0.39 is 11.8 Å². The van der Waals surface area contributed by atoms with Gasteiger partial charge in [-0.2, -0.15) is 0 Å². The van der Waals surface area contributed by atoms with Gasteiger partial charge in [-0.15, -0.1) is 0 Å². The number of imidazole rings is 1. The summed E-state index contributed by atoms with van der Waals surface area (Å²) in [4.78, 5) is 29.3. The van der Waals surface area contributed by atoms with Gasteiger partial charge in [0, 0.05) is 45.1 Å². The van der Waals surface area contributed by atoms with Crippen LogP contribution in [0.5, 0.6) is 0 Å². The molecule has 2 N–H and O–H groups in total.